The number of amides is 1. The third-order valence-corrected chi connectivity index (χ3v) is 5.52. The predicted octanol–water partition coefficient (Wildman–Crippen LogP) is 4.75. The van der Waals surface area contributed by atoms with Crippen LogP contribution < -0.4 is 15.6 Å². The summed E-state index contributed by atoms with van der Waals surface area (Å²) in [4.78, 5) is 24.8. The zero-order valence-electron chi connectivity index (χ0n) is 18.7. The van der Waals surface area contributed by atoms with Gasteiger partial charge >= 0.3 is 0 Å². The molecule has 0 bridgehead atoms. The van der Waals surface area contributed by atoms with Crippen LogP contribution in [0, 0.1) is 6.92 Å². The number of nitrogens with zero attached hydrogens (tertiary/aromatic N) is 2. The van der Waals surface area contributed by atoms with Crippen molar-refractivity contribution in [2.45, 2.75) is 20.0 Å². The lowest BCUT2D eigenvalue weighted by Gasteiger charge is -2.10. The van der Waals surface area contributed by atoms with E-state index in [1.807, 2.05) is 19.1 Å². The molecule has 0 fully saturated rings. The van der Waals surface area contributed by atoms with Crippen LogP contribution >= 0.6 is 11.6 Å². The first kappa shape index (κ1) is 23.3. The van der Waals surface area contributed by atoms with Gasteiger partial charge in [0.15, 0.2) is 0 Å². The Morgan fingerprint density at radius 2 is 1.59 bits per heavy atom. The Bertz CT molecular complexity index is 1320. The van der Waals surface area contributed by atoms with Gasteiger partial charge < -0.3 is 10.1 Å². The molecule has 0 unspecified atom stereocenters. The highest BCUT2D eigenvalue weighted by molar-refractivity contribution is 6.30. The van der Waals surface area contributed by atoms with Gasteiger partial charge in [-0.25, -0.2) is 0 Å². The third-order valence-electron chi connectivity index (χ3n) is 5.27. The van der Waals surface area contributed by atoms with E-state index in [-0.39, 0.29) is 11.5 Å². The molecule has 0 saturated carbocycles. The van der Waals surface area contributed by atoms with E-state index in [0.717, 1.165) is 12.0 Å². The number of halogens is 1. The van der Waals surface area contributed by atoms with Crippen molar-refractivity contribution in [3.05, 3.63) is 123 Å². The fourth-order valence-corrected chi connectivity index (χ4v) is 3.45. The van der Waals surface area contributed by atoms with Crippen molar-refractivity contribution in [1.82, 2.24) is 15.1 Å². The van der Waals surface area contributed by atoms with E-state index in [1.165, 1.54) is 27.9 Å². The Morgan fingerprint density at radius 3 is 2.29 bits per heavy atom. The van der Waals surface area contributed by atoms with Crippen LogP contribution in [0.1, 0.15) is 27.0 Å². The number of benzene rings is 3. The highest BCUT2D eigenvalue weighted by Crippen LogP contribution is 2.13. The summed E-state index contributed by atoms with van der Waals surface area (Å²) in [6.45, 7) is 2.88. The van der Waals surface area contributed by atoms with Gasteiger partial charge in [0.05, 0.1) is 5.69 Å². The van der Waals surface area contributed by atoms with Gasteiger partial charge in [0, 0.05) is 29.3 Å². The van der Waals surface area contributed by atoms with Gasteiger partial charge in [-0.05, 0) is 60.9 Å². The van der Waals surface area contributed by atoms with Crippen molar-refractivity contribution in [2.75, 3.05) is 6.54 Å². The molecule has 6 nitrogen and oxygen atoms in total. The number of carbonyl (C=O) groups is 1. The van der Waals surface area contributed by atoms with Crippen LogP contribution in [-0.2, 0) is 13.0 Å². The fraction of sp³-hybridized carbons (Fsp3) is 0.148. The van der Waals surface area contributed by atoms with Crippen molar-refractivity contribution in [2.24, 2.45) is 0 Å². The van der Waals surface area contributed by atoms with E-state index >= 15 is 0 Å². The van der Waals surface area contributed by atoms with Crippen molar-refractivity contribution in [1.29, 1.82) is 0 Å². The van der Waals surface area contributed by atoms with Crippen LogP contribution in [0.5, 0.6) is 5.88 Å². The molecular weight excluding hydrogens is 450 g/mol. The summed E-state index contributed by atoms with van der Waals surface area (Å²) in [6.07, 6.45) is 0.756. The van der Waals surface area contributed by atoms with Gasteiger partial charge in [-0.2, -0.15) is 4.68 Å². The van der Waals surface area contributed by atoms with Crippen LogP contribution in [-0.4, -0.2) is 22.2 Å². The molecule has 1 amide bonds. The molecule has 7 heteroatoms. The smallest absolute Gasteiger partial charge is 0.271 e. The zero-order valence-corrected chi connectivity index (χ0v) is 19.5. The summed E-state index contributed by atoms with van der Waals surface area (Å²) < 4.78 is 6.97. The Morgan fingerprint density at radius 1 is 0.912 bits per heavy atom. The van der Waals surface area contributed by atoms with Gasteiger partial charge in [-0.3, -0.25) is 9.59 Å². The summed E-state index contributed by atoms with van der Waals surface area (Å²) in [5.41, 5.74) is 4.06. The zero-order chi connectivity index (χ0) is 23.9. The van der Waals surface area contributed by atoms with Crippen LogP contribution in [0.2, 0.25) is 5.02 Å². The van der Waals surface area contributed by atoms with E-state index in [4.69, 9.17) is 16.3 Å². The first-order chi connectivity index (χ1) is 16.5. The molecular formula is C27H24ClN3O3. The van der Waals surface area contributed by atoms with Crippen molar-refractivity contribution in [3.63, 3.8) is 0 Å². The summed E-state index contributed by atoms with van der Waals surface area (Å²) in [7, 11) is 0. The molecule has 0 spiro atoms. The normalized spacial score (nSPS) is 10.6. The van der Waals surface area contributed by atoms with Gasteiger partial charge in [0.1, 0.15) is 6.61 Å². The number of ether oxygens (including phenoxy) is 1. The van der Waals surface area contributed by atoms with Gasteiger partial charge in [0.25, 0.3) is 11.5 Å². The van der Waals surface area contributed by atoms with Crippen molar-refractivity contribution < 1.29 is 9.53 Å². The first-order valence-electron chi connectivity index (χ1n) is 10.9. The van der Waals surface area contributed by atoms with E-state index in [0.29, 0.717) is 35.3 Å². The molecule has 0 aliphatic carbocycles. The molecule has 1 N–H and O–H groups in total. The third kappa shape index (κ3) is 6.11. The number of nitrogens with one attached hydrogen (secondary N) is 1. The highest BCUT2D eigenvalue weighted by Gasteiger charge is 2.08. The largest absolute Gasteiger partial charge is 0.472 e. The Labute approximate surface area is 202 Å². The van der Waals surface area contributed by atoms with Crippen LogP contribution in [0.25, 0.3) is 5.69 Å². The lowest BCUT2D eigenvalue weighted by molar-refractivity contribution is 0.0954. The second kappa shape index (κ2) is 10.8. The monoisotopic (exact) mass is 473 g/mol. The molecule has 0 atom stereocenters. The lowest BCUT2D eigenvalue weighted by Crippen LogP contribution is -2.26. The highest BCUT2D eigenvalue weighted by atomic mass is 35.5. The average molecular weight is 474 g/mol. The number of hydrogen-bond donors (Lipinski definition) is 1. The molecule has 4 aromatic rings. The van der Waals surface area contributed by atoms with Crippen LogP contribution in [0.15, 0.2) is 89.7 Å². The van der Waals surface area contributed by atoms with Crippen molar-refractivity contribution in [3.8, 4) is 11.6 Å². The molecule has 0 saturated heterocycles. The maximum atomic E-state index is 12.5. The SMILES string of the molecule is Cc1ccc(CCNC(=O)c2ccc(-n3nc(OCc4ccc(Cl)cc4)ccc3=O)cc2)cc1. The lowest BCUT2D eigenvalue weighted by atomic mass is 10.1. The second-order valence-electron chi connectivity index (χ2n) is 7.88. The van der Waals surface area contributed by atoms with E-state index in [2.05, 4.69) is 34.7 Å². The van der Waals surface area contributed by atoms with E-state index in [1.54, 1.807) is 36.4 Å². The minimum Gasteiger partial charge on any atom is -0.472 e. The molecule has 4 rings (SSSR count). The minimum atomic E-state index is -0.297. The average Bonchev–Trinajstić information content (AvgIpc) is 2.86. The number of hydrogen-bond acceptors (Lipinski definition) is 4. The molecule has 0 aliphatic heterocycles. The maximum Gasteiger partial charge on any atom is 0.271 e. The summed E-state index contributed by atoms with van der Waals surface area (Å²) in [5, 5.41) is 7.87. The molecule has 34 heavy (non-hydrogen) atoms. The molecule has 172 valence electrons. The Kier molecular flexibility index (Phi) is 7.40. The standard InChI is InChI=1S/C27H24ClN3O3/c1-19-2-4-20(5-3-19)16-17-29-27(33)22-8-12-24(13-9-22)31-26(32)15-14-25(30-31)34-18-21-6-10-23(28)11-7-21/h2-15H,16-18H2,1H3,(H,29,33). The first-order valence-corrected chi connectivity index (χ1v) is 11.3. The molecule has 0 aliphatic rings. The van der Waals surface area contributed by atoms with E-state index < -0.39 is 0 Å². The Hall–Kier alpha value is -3.90. The summed E-state index contributed by atoms with van der Waals surface area (Å²) in [5.74, 6) is 0.145. The summed E-state index contributed by atoms with van der Waals surface area (Å²) >= 11 is 5.90. The number of aromatic nitrogens is 2. The Balaban J connectivity index is 1.37. The quantitative estimate of drug-likeness (QED) is 0.401. The van der Waals surface area contributed by atoms with Crippen molar-refractivity contribution >= 4 is 17.5 Å². The number of rotatable bonds is 8. The number of carbonyl (C=O) groups excluding carboxylic acids is 1. The molecule has 3 aromatic carbocycles. The van der Waals surface area contributed by atoms with Gasteiger partial charge in [-0.1, -0.05) is 53.6 Å². The topological polar surface area (TPSA) is 73.2 Å². The molecule has 1 aromatic heterocycles. The van der Waals surface area contributed by atoms with Gasteiger partial charge in [0.2, 0.25) is 5.88 Å². The predicted molar refractivity (Wildman–Crippen MR) is 133 cm³/mol. The minimum absolute atomic E-state index is 0.168. The fourth-order valence-electron chi connectivity index (χ4n) is 3.33. The van der Waals surface area contributed by atoms with Crippen LogP contribution in [0.3, 0.4) is 0 Å². The summed E-state index contributed by atoms with van der Waals surface area (Å²) in [6, 6.07) is 25.2. The van der Waals surface area contributed by atoms with Crippen LogP contribution in [0.4, 0.5) is 0 Å². The van der Waals surface area contributed by atoms with E-state index in [9.17, 15) is 9.59 Å². The van der Waals surface area contributed by atoms with Gasteiger partial charge in [-0.15, -0.1) is 5.10 Å². The maximum absolute atomic E-state index is 12.5. The number of aryl methyl sites for hydroxylation is 1. The molecule has 1 heterocycles. The molecule has 0 radical (unpaired) electrons. The second-order valence-corrected chi connectivity index (χ2v) is 8.31.